The average molecular weight is 491 g/mol. The van der Waals surface area contributed by atoms with Crippen LogP contribution in [-0.4, -0.2) is 65.0 Å². The molecule has 2 heterocycles. The van der Waals surface area contributed by atoms with Gasteiger partial charge in [-0.1, -0.05) is 37.8 Å². The number of β-amino-alcohol motifs (C(OH)–C–C–N with tert-alkyl or cyclic N) is 1. The topological polar surface area (TPSA) is 111 Å². The first-order valence-corrected chi connectivity index (χ1v) is 12.7. The van der Waals surface area contributed by atoms with Crippen molar-refractivity contribution in [3.05, 3.63) is 35.4 Å². The van der Waals surface area contributed by atoms with Gasteiger partial charge in [-0.2, -0.15) is 0 Å². The number of hydrogen-bond acceptors (Lipinski definition) is 5. The quantitative estimate of drug-likeness (QED) is 0.435. The monoisotopic (exact) mass is 490 g/mol. The summed E-state index contributed by atoms with van der Waals surface area (Å²) in [5.74, 6) is 11.6. The van der Waals surface area contributed by atoms with E-state index in [1.165, 1.54) is 12.8 Å². The standard InChI is InChI=1S/C28H34N4O4/c1-18(2)28(36)32-17-22(31-26(34)24-14-23(33)16-29-24)13-25(32)27(35)30-15-21-11-9-20(10-12-21)6-4-3-5-19-7-8-19/h9-12,18-19,22-25,29,33H,7-8,13-17H2,1-2H3,(H,30,35)(H,31,34)/t22-,23-,24+,25-/m1/s1. The number of nitrogens with one attached hydrogen (secondary N) is 3. The van der Waals surface area contributed by atoms with E-state index in [0.29, 0.717) is 31.8 Å². The SMILES string of the molecule is CC(C)C(=O)N1C[C@H](NC(=O)[C@@H]2C[C@@H](O)CN2)C[C@@H]1C(=O)NCc1ccc(C#CC#CC2CC2)cc1. The minimum atomic E-state index is -0.650. The molecule has 36 heavy (non-hydrogen) atoms. The van der Waals surface area contributed by atoms with Gasteiger partial charge in [-0.15, -0.1) is 0 Å². The molecule has 2 saturated heterocycles. The summed E-state index contributed by atoms with van der Waals surface area (Å²) in [6.45, 7) is 4.60. The van der Waals surface area contributed by atoms with Gasteiger partial charge >= 0.3 is 0 Å². The van der Waals surface area contributed by atoms with Crippen molar-refractivity contribution >= 4 is 17.7 Å². The maximum absolute atomic E-state index is 13.1. The maximum atomic E-state index is 13.1. The van der Waals surface area contributed by atoms with Crippen LogP contribution in [0.4, 0.5) is 0 Å². The second-order valence-corrected chi connectivity index (χ2v) is 10.2. The predicted molar refractivity (Wildman–Crippen MR) is 135 cm³/mol. The van der Waals surface area contributed by atoms with Crippen molar-refractivity contribution in [2.24, 2.45) is 11.8 Å². The summed E-state index contributed by atoms with van der Waals surface area (Å²) in [5, 5.41) is 18.6. The zero-order valence-corrected chi connectivity index (χ0v) is 20.8. The highest BCUT2D eigenvalue weighted by Crippen LogP contribution is 2.27. The number of nitrogens with zero attached hydrogens (tertiary/aromatic N) is 1. The Morgan fingerprint density at radius 3 is 2.50 bits per heavy atom. The number of likely N-dealkylation sites (tertiary alicyclic amines) is 1. The Kier molecular flexibility index (Phi) is 8.30. The molecule has 8 heteroatoms. The van der Waals surface area contributed by atoms with Gasteiger partial charge in [0, 0.05) is 43.1 Å². The van der Waals surface area contributed by atoms with Crippen LogP contribution in [0.3, 0.4) is 0 Å². The van der Waals surface area contributed by atoms with Gasteiger partial charge in [0.1, 0.15) is 6.04 Å². The maximum Gasteiger partial charge on any atom is 0.243 e. The fourth-order valence-corrected chi connectivity index (χ4v) is 4.47. The summed E-state index contributed by atoms with van der Waals surface area (Å²) in [4.78, 5) is 40.1. The number of rotatable bonds is 6. The Morgan fingerprint density at radius 1 is 1.11 bits per heavy atom. The lowest BCUT2D eigenvalue weighted by molar-refractivity contribution is -0.140. The van der Waals surface area contributed by atoms with Gasteiger partial charge in [0.2, 0.25) is 17.7 Å². The van der Waals surface area contributed by atoms with E-state index in [2.05, 4.69) is 39.6 Å². The number of carbonyl (C=O) groups is 3. The van der Waals surface area contributed by atoms with Crippen LogP contribution >= 0.6 is 0 Å². The molecule has 0 aromatic heterocycles. The molecular formula is C28H34N4O4. The van der Waals surface area contributed by atoms with Crippen LogP contribution in [0.1, 0.15) is 50.7 Å². The highest BCUT2D eigenvalue weighted by atomic mass is 16.3. The molecule has 2 aliphatic heterocycles. The van der Waals surface area contributed by atoms with Gasteiger partial charge in [-0.25, -0.2) is 0 Å². The molecule has 0 unspecified atom stereocenters. The summed E-state index contributed by atoms with van der Waals surface area (Å²) < 4.78 is 0. The normalized spacial score (nSPS) is 24.9. The van der Waals surface area contributed by atoms with Crippen molar-refractivity contribution in [2.75, 3.05) is 13.1 Å². The Morgan fingerprint density at radius 2 is 1.86 bits per heavy atom. The van der Waals surface area contributed by atoms with E-state index < -0.39 is 18.2 Å². The lowest BCUT2D eigenvalue weighted by Gasteiger charge is -2.25. The van der Waals surface area contributed by atoms with E-state index in [9.17, 15) is 19.5 Å². The molecule has 3 fully saturated rings. The minimum absolute atomic E-state index is 0.117. The average Bonchev–Trinajstić information content (AvgIpc) is 3.43. The van der Waals surface area contributed by atoms with Gasteiger partial charge in [0.25, 0.3) is 0 Å². The van der Waals surface area contributed by atoms with Gasteiger partial charge < -0.3 is 26.0 Å². The highest BCUT2D eigenvalue weighted by Gasteiger charge is 2.41. The zero-order chi connectivity index (χ0) is 25.7. The second kappa shape index (κ2) is 11.6. The number of amides is 3. The zero-order valence-electron chi connectivity index (χ0n) is 20.8. The lowest BCUT2D eigenvalue weighted by atomic mass is 10.1. The molecule has 0 bridgehead atoms. The Balaban J connectivity index is 1.32. The van der Waals surface area contributed by atoms with Crippen molar-refractivity contribution in [1.29, 1.82) is 0 Å². The first kappa shape index (κ1) is 25.8. The van der Waals surface area contributed by atoms with Gasteiger partial charge in [-0.05, 0) is 55.2 Å². The smallest absolute Gasteiger partial charge is 0.243 e. The van der Waals surface area contributed by atoms with Crippen LogP contribution in [0, 0.1) is 35.5 Å². The van der Waals surface area contributed by atoms with E-state index in [0.717, 1.165) is 11.1 Å². The summed E-state index contributed by atoms with van der Waals surface area (Å²) in [5.41, 5.74) is 1.79. The van der Waals surface area contributed by atoms with Crippen molar-refractivity contribution in [2.45, 2.75) is 70.3 Å². The summed E-state index contributed by atoms with van der Waals surface area (Å²) >= 11 is 0. The number of carbonyl (C=O) groups excluding carboxylic acids is 3. The summed E-state index contributed by atoms with van der Waals surface area (Å²) in [6, 6.07) is 6.19. The van der Waals surface area contributed by atoms with Gasteiger partial charge in [0.05, 0.1) is 12.1 Å². The number of aliphatic hydroxyl groups is 1. The predicted octanol–water partition coefficient (Wildman–Crippen LogP) is 0.532. The first-order valence-electron chi connectivity index (χ1n) is 12.7. The lowest BCUT2D eigenvalue weighted by Crippen LogP contribution is -2.47. The van der Waals surface area contributed by atoms with Crippen molar-refractivity contribution in [3.8, 4) is 23.7 Å². The molecule has 0 radical (unpaired) electrons. The third kappa shape index (κ3) is 6.87. The molecular weight excluding hydrogens is 456 g/mol. The molecule has 4 N–H and O–H groups in total. The molecule has 4 rings (SSSR count). The number of benzene rings is 1. The third-order valence-electron chi connectivity index (χ3n) is 6.69. The van der Waals surface area contributed by atoms with Crippen LogP contribution < -0.4 is 16.0 Å². The Labute approximate surface area is 212 Å². The van der Waals surface area contributed by atoms with E-state index in [-0.39, 0.29) is 36.2 Å². The molecule has 8 nitrogen and oxygen atoms in total. The summed E-state index contributed by atoms with van der Waals surface area (Å²) in [6.07, 6.45) is 2.52. The van der Waals surface area contributed by atoms with Crippen molar-refractivity contribution in [1.82, 2.24) is 20.9 Å². The fourth-order valence-electron chi connectivity index (χ4n) is 4.47. The van der Waals surface area contributed by atoms with E-state index >= 15 is 0 Å². The molecule has 3 aliphatic rings. The molecule has 1 aromatic carbocycles. The molecule has 1 aromatic rings. The molecule has 1 saturated carbocycles. The second-order valence-electron chi connectivity index (χ2n) is 10.2. The minimum Gasteiger partial charge on any atom is -0.392 e. The van der Waals surface area contributed by atoms with E-state index in [1.54, 1.807) is 18.7 Å². The van der Waals surface area contributed by atoms with Crippen LogP contribution in [0.15, 0.2) is 24.3 Å². The van der Waals surface area contributed by atoms with E-state index in [4.69, 9.17) is 0 Å². The molecule has 4 atom stereocenters. The number of aliphatic hydroxyl groups excluding tert-OH is 1. The van der Waals surface area contributed by atoms with Crippen molar-refractivity contribution < 1.29 is 19.5 Å². The molecule has 190 valence electrons. The fraction of sp³-hybridized carbons (Fsp3) is 0.536. The largest absolute Gasteiger partial charge is 0.392 e. The summed E-state index contributed by atoms with van der Waals surface area (Å²) in [7, 11) is 0. The van der Waals surface area contributed by atoms with Crippen LogP contribution in [0.25, 0.3) is 0 Å². The molecule has 1 aliphatic carbocycles. The van der Waals surface area contributed by atoms with Crippen LogP contribution in [0.2, 0.25) is 0 Å². The molecule has 3 amide bonds. The first-order chi connectivity index (χ1) is 17.3. The van der Waals surface area contributed by atoms with Gasteiger partial charge in [-0.3, -0.25) is 14.4 Å². The molecule has 0 spiro atoms. The number of hydrogen-bond donors (Lipinski definition) is 4. The Hall–Kier alpha value is -3.33. The third-order valence-corrected chi connectivity index (χ3v) is 6.69. The van der Waals surface area contributed by atoms with E-state index in [1.807, 2.05) is 24.3 Å². The Bertz CT molecular complexity index is 1100. The van der Waals surface area contributed by atoms with Crippen molar-refractivity contribution in [3.63, 3.8) is 0 Å². The highest BCUT2D eigenvalue weighted by molar-refractivity contribution is 5.89. The van der Waals surface area contributed by atoms with Crippen LogP contribution in [0.5, 0.6) is 0 Å². The van der Waals surface area contributed by atoms with Crippen LogP contribution in [-0.2, 0) is 20.9 Å². The van der Waals surface area contributed by atoms with Gasteiger partial charge in [0.15, 0.2) is 0 Å².